The number of nitrogens with two attached hydrogens (primary N) is 1. The van der Waals surface area contributed by atoms with E-state index in [1.165, 1.54) is 18.7 Å². The maximum atomic E-state index is 11.7. The molecule has 0 amide bonds. The largest absolute Gasteiger partial charge is 0.472 e. The minimum Gasteiger partial charge on any atom is -0.472 e. The first-order valence-electron chi connectivity index (χ1n) is 4.06. The SMILES string of the molecule is Nc1cccnc1C(=O)c1ccoc1. The number of hydrogen-bond acceptors (Lipinski definition) is 4. The highest BCUT2D eigenvalue weighted by Crippen LogP contribution is 2.13. The van der Waals surface area contributed by atoms with Crippen molar-refractivity contribution in [3.8, 4) is 0 Å². The number of carbonyl (C=O) groups excluding carboxylic acids is 1. The second kappa shape index (κ2) is 3.33. The van der Waals surface area contributed by atoms with E-state index in [1.54, 1.807) is 18.2 Å². The number of aromatic nitrogens is 1. The molecule has 0 unspecified atom stereocenters. The molecule has 0 saturated carbocycles. The van der Waals surface area contributed by atoms with Gasteiger partial charge in [0.2, 0.25) is 5.78 Å². The van der Waals surface area contributed by atoms with Gasteiger partial charge in [0.25, 0.3) is 0 Å². The fourth-order valence-corrected chi connectivity index (χ4v) is 1.14. The second-order valence-electron chi connectivity index (χ2n) is 2.78. The van der Waals surface area contributed by atoms with Crippen LogP contribution in [0.5, 0.6) is 0 Å². The van der Waals surface area contributed by atoms with Crippen LogP contribution >= 0.6 is 0 Å². The van der Waals surface area contributed by atoms with Crippen LogP contribution in [0.2, 0.25) is 0 Å². The predicted octanol–water partition coefficient (Wildman–Crippen LogP) is 1.49. The van der Waals surface area contributed by atoms with Gasteiger partial charge in [-0.1, -0.05) is 0 Å². The number of nitrogen functional groups attached to an aromatic ring is 1. The fourth-order valence-electron chi connectivity index (χ4n) is 1.14. The van der Waals surface area contributed by atoms with Gasteiger partial charge in [0, 0.05) is 6.20 Å². The first-order valence-corrected chi connectivity index (χ1v) is 4.06. The highest BCUT2D eigenvalue weighted by Gasteiger charge is 2.13. The molecule has 4 heteroatoms. The van der Waals surface area contributed by atoms with Crippen LogP contribution in [-0.2, 0) is 0 Å². The minimum atomic E-state index is -0.225. The molecule has 0 fully saturated rings. The number of hydrogen-bond donors (Lipinski definition) is 1. The van der Waals surface area contributed by atoms with Gasteiger partial charge in [-0.3, -0.25) is 9.78 Å². The molecule has 2 aromatic rings. The van der Waals surface area contributed by atoms with E-state index < -0.39 is 0 Å². The lowest BCUT2D eigenvalue weighted by Crippen LogP contribution is -2.06. The quantitative estimate of drug-likeness (QED) is 0.725. The zero-order chi connectivity index (χ0) is 9.97. The molecule has 2 rings (SSSR count). The lowest BCUT2D eigenvalue weighted by molar-refractivity contribution is 0.103. The zero-order valence-corrected chi connectivity index (χ0v) is 7.31. The third kappa shape index (κ3) is 1.37. The van der Waals surface area contributed by atoms with Crippen LogP contribution in [0.15, 0.2) is 41.3 Å². The van der Waals surface area contributed by atoms with Gasteiger partial charge in [-0.2, -0.15) is 0 Å². The van der Waals surface area contributed by atoms with Gasteiger partial charge in [0.1, 0.15) is 12.0 Å². The Morgan fingerprint density at radius 2 is 2.29 bits per heavy atom. The third-order valence-corrected chi connectivity index (χ3v) is 1.84. The molecule has 2 N–H and O–H groups in total. The van der Waals surface area contributed by atoms with Gasteiger partial charge in [-0.05, 0) is 18.2 Å². The standard InChI is InChI=1S/C10H8N2O2/c11-8-2-1-4-12-9(8)10(13)7-3-5-14-6-7/h1-6H,11H2. The van der Waals surface area contributed by atoms with Gasteiger partial charge in [-0.15, -0.1) is 0 Å². The molecule has 0 atom stereocenters. The van der Waals surface area contributed by atoms with E-state index in [0.717, 1.165) is 0 Å². The van der Waals surface area contributed by atoms with E-state index in [4.69, 9.17) is 10.2 Å². The van der Waals surface area contributed by atoms with E-state index in [0.29, 0.717) is 11.3 Å². The van der Waals surface area contributed by atoms with E-state index in [2.05, 4.69) is 4.98 Å². The fraction of sp³-hybridized carbons (Fsp3) is 0. The normalized spacial score (nSPS) is 10.0. The summed E-state index contributed by atoms with van der Waals surface area (Å²) in [5.41, 5.74) is 6.70. The first-order chi connectivity index (χ1) is 6.79. The molecule has 0 aliphatic carbocycles. The summed E-state index contributed by atoms with van der Waals surface area (Å²) in [5.74, 6) is -0.225. The molecule has 0 spiro atoms. The van der Waals surface area contributed by atoms with Crippen LogP contribution in [0.1, 0.15) is 16.1 Å². The van der Waals surface area contributed by atoms with Crippen molar-refractivity contribution in [2.45, 2.75) is 0 Å². The Hall–Kier alpha value is -2.10. The second-order valence-corrected chi connectivity index (χ2v) is 2.78. The molecule has 0 bridgehead atoms. The summed E-state index contributed by atoms with van der Waals surface area (Å²) in [6, 6.07) is 4.90. The average molecular weight is 188 g/mol. The van der Waals surface area contributed by atoms with Crippen molar-refractivity contribution >= 4 is 11.5 Å². The summed E-state index contributed by atoms with van der Waals surface area (Å²) in [5, 5.41) is 0. The van der Waals surface area contributed by atoms with Crippen molar-refractivity contribution in [1.82, 2.24) is 4.98 Å². The van der Waals surface area contributed by atoms with Gasteiger partial charge in [0.05, 0.1) is 17.5 Å². The van der Waals surface area contributed by atoms with E-state index in [-0.39, 0.29) is 11.5 Å². The lowest BCUT2D eigenvalue weighted by atomic mass is 10.1. The molecule has 2 aromatic heterocycles. The number of furan rings is 1. The van der Waals surface area contributed by atoms with Crippen molar-refractivity contribution < 1.29 is 9.21 Å². The highest BCUT2D eigenvalue weighted by molar-refractivity contribution is 6.10. The third-order valence-electron chi connectivity index (χ3n) is 1.84. The molecule has 4 nitrogen and oxygen atoms in total. The number of pyridine rings is 1. The first kappa shape index (κ1) is 8.50. The van der Waals surface area contributed by atoms with Gasteiger partial charge < -0.3 is 10.2 Å². The molecule has 0 aliphatic heterocycles. The van der Waals surface area contributed by atoms with Crippen LogP contribution in [0.25, 0.3) is 0 Å². The van der Waals surface area contributed by atoms with Crippen molar-refractivity contribution in [2.24, 2.45) is 0 Å². The van der Waals surface area contributed by atoms with Crippen molar-refractivity contribution in [3.63, 3.8) is 0 Å². The van der Waals surface area contributed by atoms with E-state index in [1.807, 2.05) is 0 Å². The van der Waals surface area contributed by atoms with Crippen molar-refractivity contribution in [2.75, 3.05) is 5.73 Å². The number of anilines is 1. The van der Waals surface area contributed by atoms with Gasteiger partial charge in [-0.25, -0.2) is 0 Å². The maximum Gasteiger partial charge on any atom is 0.216 e. The Kier molecular flexibility index (Phi) is 2.02. The summed E-state index contributed by atoms with van der Waals surface area (Å²) in [4.78, 5) is 15.6. The molecule has 14 heavy (non-hydrogen) atoms. The average Bonchev–Trinajstić information content (AvgIpc) is 2.70. The molecular formula is C10H8N2O2. The van der Waals surface area contributed by atoms with E-state index in [9.17, 15) is 4.79 Å². The van der Waals surface area contributed by atoms with Crippen LogP contribution in [0, 0.1) is 0 Å². The smallest absolute Gasteiger partial charge is 0.216 e. The molecule has 0 radical (unpaired) electrons. The molecule has 0 aromatic carbocycles. The Morgan fingerprint density at radius 3 is 2.93 bits per heavy atom. The molecular weight excluding hydrogens is 180 g/mol. The summed E-state index contributed by atoms with van der Waals surface area (Å²) in [7, 11) is 0. The zero-order valence-electron chi connectivity index (χ0n) is 7.31. The molecule has 0 aliphatic rings. The lowest BCUT2D eigenvalue weighted by Gasteiger charge is -1.99. The monoisotopic (exact) mass is 188 g/mol. The van der Waals surface area contributed by atoms with Gasteiger partial charge in [0.15, 0.2) is 0 Å². The van der Waals surface area contributed by atoms with Crippen molar-refractivity contribution in [3.05, 3.63) is 48.2 Å². The number of carbonyl (C=O) groups is 1. The minimum absolute atomic E-state index is 0.225. The summed E-state index contributed by atoms with van der Waals surface area (Å²) < 4.78 is 4.81. The summed E-state index contributed by atoms with van der Waals surface area (Å²) in [6.45, 7) is 0. The summed E-state index contributed by atoms with van der Waals surface area (Å²) in [6.07, 6.45) is 4.34. The predicted molar refractivity (Wildman–Crippen MR) is 50.8 cm³/mol. The topological polar surface area (TPSA) is 69.1 Å². The molecule has 0 saturated heterocycles. The van der Waals surface area contributed by atoms with Gasteiger partial charge >= 0.3 is 0 Å². The van der Waals surface area contributed by atoms with Crippen LogP contribution in [0.3, 0.4) is 0 Å². The molecule has 2 heterocycles. The van der Waals surface area contributed by atoms with Crippen LogP contribution < -0.4 is 5.73 Å². The Bertz CT molecular complexity index is 449. The van der Waals surface area contributed by atoms with Crippen LogP contribution in [-0.4, -0.2) is 10.8 Å². The number of rotatable bonds is 2. The van der Waals surface area contributed by atoms with Crippen molar-refractivity contribution in [1.29, 1.82) is 0 Å². The highest BCUT2D eigenvalue weighted by atomic mass is 16.3. The van der Waals surface area contributed by atoms with E-state index >= 15 is 0 Å². The molecule has 70 valence electrons. The Morgan fingerprint density at radius 1 is 1.43 bits per heavy atom. The summed E-state index contributed by atoms with van der Waals surface area (Å²) >= 11 is 0. The maximum absolute atomic E-state index is 11.7. The Labute approximate surface area is 80.4 Å². The number of ketones is 1. The number of nitrogens with zero attached hydrogens (tertiary/aromatic N) is 1. The Balaban J connectivity index is 2.42. The van der Waals surface area contributed by atoms with Crippen LogP contribution in [0.4, 0.5) is 5.69 Å².